The van der Waals surface area contributed by atoms with Crippen molar-refractivity contribution in [1.82, 2.24) is 5.32 Å². The van der Waals surface area contributed by atoms with E-state index in [1.807, 2.05) is 12.1 Å². The third kappa shape index (κ3) is 3.20. The minimum atomic E-state index is 0.650. The van der Waals surface area contributed by atoms with Gasteiger partial charge in [0.25, 0.3) is 0 Å². The molecule has 0 heterocycles. The van der Waals surface area contributed by atoms with Gasteiger partial charge in [0.2, 0.25) is 0 Å². The highest BCUT2D eigenvalue weighted by molar-refractivity contribution is 6.30. The van der Waals surface area contributed by atoms with E-state index < -0.39 is 0 Å². The van der Waals surface area contributed by atoms with Crippen LogP contribution in [0, 0.1) is 17.8 Å². The molecule has 1 nitrogen and oxygen atoms in total. The number of hydrogen-bond donors (Lipinski definition) is 1. The Bertz CT molecular complexity index is 428. The predicted molar refractivity (Wildman–Crippen MR) is 86.3 cm³/mol. The maximum absolute atomic E-state index is 6.03. The molecule has 0 amide bonds. The van der Waals surface area contributed by atoms with Crippen LogP contribution in [0.4, 0.5) is 0 Å². The molecule has 3 rings (SSSR count). The third-order valence-corrected chi connectivity index (χ3v) is 5.71. The minimum Gasteiger partial charge on any atom is -0.316 e. The van der Waals surface area contributed by atoms with Crippen LogP contribution in [0.2, 0.25) is 5.02 Å². The fourth-order valence-electron chi connectivity index (χ4n) is 4.42. The predicted octanol–water partition coefficient (Wildman–Crippen LogP) is 4.86. The Hall–Kier alpha value is -0.530. The van der Waals surface area contributed by atoms with Crippen molar-refractivity contribution in [1.29, 1.82) is 0 Å². The Morgan fingerprint density at radius 2 is 2.00 bits per heavy atom. The van der Waals surface area contributed by atoms with Gasteiger partial charge in [-0.05, 0) is 73.6 Å². The zero-order chi connectivity index (χ0) is 13.9. The van der Waals surface area contributed by atoms with E-state index >= 15 is 0 Å². The van der Waals surface area contributed by atoms with E-state index in [0.29, 0.717) is 5.92 Å². The molecule has 4 unspecified atom stereocenters. The van der Waals surface area contributed by atoms with E-state index in [4.69, 9.17) is 11.6 Å². The summed E-state index contributed by atoms with van der Waals surface area (Å²) in [4.78, 5) is 0. The van der Waals surface area contributed by atoms with Gasteiger partial charge >= 0.3 is 0 Å². The molecule has 0 spiro atoms. The molecule has 0 radical (unpaired) electrons. The summed E-state index contributed by atoms with van der Waals surface area (Å²) in [7, 11) is 0. The largest absolute Gasteiger partial charge is 0.316 e. The summed E-state index contributed by atoms with van der Waals surface area (Å²) in [5.74, 6) is 3.69. The molecule has 4 atom stereocenters. The van der Waals surface area contributed by atoms with Crippen LogP contribution < -0.4 is 5.32 Å². The van der Waals surface area contributed by atoms with Gasteiger partial charge < -0.3 is 5.32 Å². The van der Waals surface area contributed by atoms with Crippen LogP contribution >= 0.6 is 11.6 Å². The standard InChI is InChI=1S/C18H26ClN/c1-2-20-12-17(14-5-7-18(19)8-6-14)11-16-10-13-3-4-15(16)9-13/h5-8,13,15-17,20H,2-4,9-12H2,1H3. The van der Waals surface area contributed by atoms with Gasteiger partial charge in [-0.15, -0.1) is 0 Å². The lowest BCUT2D eigenvalue weighted by atomic mass is 9.80. The highest BCUT2D eigenvalue weighted by Gasteiger charge is 2.40. The Balaban J connectivity index is 1.67. The van der Waals surface area contributed by atoms with Crippen molar-refractivity contribution in [3.8, 4) is 0 Å². The van der Waals surface area contributed by atoms with E-state index in [2.05, 4.69) is 24.4 Å². The van der Waals surface area contributed by atoms with Crippen LogP contribution in [0.5, 0.6) is 0 Å². The molecule has 2 aliphatic rings. The van der Waals surface area contributed by atoms with E-state index in [9.17, 15) is 0 Å². The molecule has 0 aromatic heterocycles. The maximum atomic E-state index is 6.03. The zero-order valence-electron chi connectivity index (χ0n) is 12.4. The SMILES string of the molecule is CCNCC(CC1CC2CCC1C2)c1ccc(Cl)cc1. The quantitative estimate of drug-likeness (QED) is 0.789. The number of halogens is 1. The van der Waals surface area contributed by atoms with Gasteiger partial charge in [0.05, 0.1) is 0 Å². The third-order valence-electron chi connectivity index (χ3n) is 5.45. The molecular formula is C18H26ClN. The van der Waals surface area contributed by atoms with Crippen molar-refractivity contribution in [2.45, 2.75) is 44.9 Å². The lowest BCUT2D eigenvalue weighted by Crippen LogP contribution is -2.24. The molecule has 2 heteroatoms. The van der Waals surface area contributed by atoms with Gasteiger partial charge in [-0.2, -0.15) is 0 Å². The van der Waals surface area contributed by atoms with E-state index in [1.165, 1.54) is 37.7 Å². The number of nitrogens with one attached hydrogen (secondary N) is 1. The molecule has 2 aliphatic carbocycles. The summed E-state index contributed by atoms with van der Waals surface area (Å²) in [5.41, 5.74) is 1.46. The normalized spacial score (nSPS) is 29.8. The van der Waals surface area contributed by atoms with Crippen LogP contribution in [0.15, 0.2) is 24.3 Å². The fourth-order valence-corrected chi connectivity index (χ4v) is 4.55. The van der Waals surface area contributed by atoms with Gasteiger partial charge in [0.1, 0.15) is 0 Å². The molecular weight excluding hydrogens is 266 g/mol. The van der Waals surface area contributed by atoms with Crippen molar-refractivity contribution in [3.05, 3.63) is 34.9 Å². The zero-order valence-corrected chi connectivity index (χ0v) is 13.2. The summed E-state index contributed by atoms with van der Waals surface area (Å²) in [5, 5.41) is 4.39. The maximum Gasteiger partial charge on any atom is 0.0406 e. The Morgan fingerprint density at radius 1 is 1.20 bits per heavy atom. The number of benzene rings is 1. The van der Waals surface area contributed by atoms with Crippen LogP contribution in [-0.2, 0) is 0 Å². The first-order chi connectivity index (χ1) is 9.76. The highest BCUT2D eigenvalue weighted by atomic mass is 35.5. The first-order valence-electron chi connectivity index (χ1n) is 8.22. The summed E-state index contributed by atoms with van der Waals surface area (Å²) >= 11 is 6.03. The minimum absolute atomic E-state index is 0.650. The average molecular weight is 292 g/mol. The van der Waals surface area contributed by atoms with Gasteiger partial charge in [-0.25, -0.2) is 0 Å². The van der Waals surface area contributed by atoms with Crippen molar-refractivity contribution in [2.24, 2.45) is 17.8 Å². The van der Waals surface area contributed by atoms with Crippen LogP contribution in [0.25, 0.3) is 0 Å². The molecule has 2 saturated carbocycles. The van der Waals surface area contributed by atoms with Crippen molar-refractivity contribution < 1.29 is 0 Å². The molecule has 0 aliphatic heterocycles. The molecule has 110 valence electrons. The second-order valence-electron chi connectivity index (χ2n) is 6.73. The van der Waals surface area contributed by atoms with Gasteiger partial charge in [-0.1, -0.05) is 37.1 Å². The summed E-state index contributed by atoms with van der Waals surface area (Å²) < 4.78 is 0. The van der Waals surface area contributed by atoms with Crippen LogP contribution in [0.3, 0.4) is 0 Å². The first kappa shape index (κ1) is 14.4. The molecule has 1 N–H and O–H groups in total. The van der Waals surface area contributed by atoms with Gasteiger partial charge in [-0.3, -0.25) is 0 Å². The number of fused-ring (bicyclic) bond motifs is 2. The van der Waals surface area contributed by atoms with Crippen LogP contribution in [0.1, 0.15) is 50.5 Å². The molecule has 20 heavy (non-hydrogen) atoms. The Labute approximate surface area is 128 Å². The van der Waals surface area contributed by atoms with Crippen molar-refractivity contribution >= 4 is 11.6 Å². The first-order valence-corrected chi connectivity index (χ1v) is 8.60. The van der Waals surface area contributed by atoms with E-state index in [1.54, 1.807) is 0 Å². The Kier molecular flexibility index (Phi) is 4.68. The lowest BCUT2D eigenvalue weighted by Gasteiger charge is -2.27. The number of rotatable bonds is 6. The molecule has 1 aromatic rings. The topological polar surface area (TPSA) is 12.0 Å². The second kappa shape index (κ2) is 6.49. The summed E-state index contributed by atoms with van der Waals surface area (Å²) in [6, 6.07) is 8.52. The highest BCUT2D eigenvalue weighted by Crippen LogP contribution is 2.51. The van der Waals surface area contributed by atoms with E-state index in [-0.39, 0.29) is 0 Å². The fraction of sp³-hybridized carbons (Fsp3) is 0.667. The Morgan fingerprint density at radius 3 is 2.60 bits per heavy atom. The second-order valence-corrected chi connectivity index (χ2v) is 7.16. The number of hydrogen-bond acceptors (Lipinski definition) is 1. The molecule has 2 bridgehead atoms. The molecule has 1 aromatic carbocycles. The van der Waals surface area contributed by atoms with E-state index in [0.717, 1.165) is 35.9 Å². The van der Waals surface area contributed by atoms with Gasteiger partial charge in [0, 0.05) is 11.6 Å². The summed E-state index contributed by atoms with van der Waals surface area (Å²) in [6.07, 6.45) is 7.35. The number of likely N-dealkylation sites (N-methyl/N-ethyl adjacent to an activating group) is 1. The molecule has 2 fully saturated rings. The summed E-state index contributed by atoms with van der Waals surface area (Å²) in [6.45, 7) is 4.35. The van der Waals surface area contributed by atoms with Crippen molar-refractivity contribution in [2.75, 3.05) is 13.1 Å². The molecule has 0 saturated heterocycles. The average Bonchev–Trinajstić information content (AvgIpc) is 3.07. The van der Waals surface area contributed by atoms with Gasteiger partial charge in [0.15, 0.2) is 0 Å². The monoisotopic (exact) mass is 291 g/mol. The lowest BCUT2D eigenvalue weighted by molar-refractivity contribution is 0.292. The van der Waals surface area contributed by atoms with Crippen LogP contribution in [-0.4, -0.2) is 13.1 Å². The smallest absolute Gasteiger partial charge is 0.0406 e. The van der Waals surface area contributed by atoms with Crippen molar-refractivity contribution in [3.63, 3.8) is 0 Å².